The number of hydrogen-bond acceptors (Lipinski definition) is 2. The average Bonchev–Trinajstić information content (AvgIpc) is 2.55. The third-order valence-electron chi connectivity index (χ3n) is 6.49. The van der Waals surface area contributed by atoms with E-state index in [0.29, 0.717) is 12.0 Å². The van der Waals surface area contributed by atoms with Gasteiger partial charge in [-0.25, -0.2) is 0 Å². The fourth-order valence-electron chi connectivity index (χ4n) is 4.57. The molecule has 1 saturated carbocycles. The summed E-state index contributed by atoms with van der Waals surface area (Å²) in [5.41, 5.74) is 1.94. The minimum atomic E-state index is 0.350. The van der Waals surface area contributed by atoms with Gasteiger partial charge in [0.05, 0.1) is 0 Å². The Balaban J connectivity index is 1.47. The molecule has 22 heavy (non-hydrogen) atoms. The van der Waals surface area contributed by atoms with Crippen LogP contribution in [0.1, 0.15) is 51.0 Å². The Kier molecular flexibility index (Phi) is 4.89. The number of piperidine rings is 1. The largest absolute Gasteiger partial charge is 0.396 e. The molecule has 0 bridgehead atoms. The van der Waals surface area contributed by atoms with E-state index in [4.69, 9.17) is 5.11 Å². The van der Waals surface area contributed by atoms with Gasteiger partial charge in [-0.05, 0) is 67.5 Å². The molecule has 1 saturated heterocycles. The maximum atomic E-state index is 9.17. The van der Waals surface area contributed by atoms with Crippen LogP contribution in [0.25, 0.3) is 0 Å². The van der Waals surface area contributed by atoms with Crippen LogP contribution in [-0.2, 0) is 0 Å². The van der Waals surface area contributed by atoms with Gasteiger partial charge in [-0.3, -0.25) is 0 Å². The topological polar surface area (TPSA) is 23.5 Å². The van der Waals surface area contributed by atoms with Crippen LogP contribution in [-0.4, -0.2) is 36.2 Å². The van der Waals surface area contributed by atoms with Crippen LogP contribution in [0.3, 0.4) is 0 Å². The molecule has 0 spiro atoms. The molecule has 1 aliphatic carbocycles. The van der Waals surface area contributed by atoms with Crippen molar-refractivity contribution in [3.8, 4) is 0 Å². The standard InChI is InChI=1S/C20H31NO/c1-20(2)18(10-13-22)14-19(20)15-21-11-8-17(9-12-21)16-6-4-3-5-7-16/h3-7,17-19,22H,8-15H2,1-2H3. The van der Waals surface area contributed by atoms with Gasteiger partial charge >= 0.3 is 0 Å². The number of hydrogen-bond donors (Lipinski definition) is 1. The quantitative estimate of drug-likeness (QED) is 0.891. The number of benzene rings is 1. The first-order valence-electron chi connectivity index (χ1n) is 8.99. The van der Waals surface area contributed by atoms with Crippen molar-refractivity contribution in [2.75, 3.05) is 26.2 Å². The molecular formula is C20H31NO. The van der Waals surface area contributed by atoms with E-state index >= 15 is 0 Å². The van der Waals surface area contributed by atoms with Gasteiger partial charge in [0.1, 0.15) is 0 Å². The van der Waals surface area contributed by atoms with E-state index in [2.05, 4.69) is 49.1 Å². The first-order valence-corrected chi connectivity index (χ1v) is 8.99. The second-order valence-corrected chi connectivity index (χ2v) is 7.95. The van der Waals surface area contributed by atoms with Gasteiger partial charge < -0.3 is 10.0 Å². The van der Waals surface area contributed by atoms with Gasteiger partial charge in [0.15, 0.2) is 0 Å². The average molecular weight is 301 g/mol. The van der Waals surface area contributed by atoms with Gasteiger partial charge in [-0.2, -0.15) is 0 Å². The van der Waals surface area contributed by atoms with Crippen molar-refractivity contribution < 1.29 is 5.11 Å². The maximum absolute atomic E-state index is 9.17. The van der Waals surface area contributed by atoms with Crippen molar-refractivity contribution in [2.24, 2.45) is 17.3 Å². The van der Waals surface area contributed by atoms with E-state index < -0.39 is 0 Å². The number of aliphatic hydroxyl groups excluding tert-OH is 1. The van der Waals surface area contributed by atoms with Crippen molar-refractivity contribution >= 4 is 0 Å². The van der Waals surface area contributed by atoms with E-state index in [1.54, 1.807) is 0 Å². The highest BCUT2D eigenvalue weighted by Crippen LogP contribution is 2.53. The molecule has 1 heterocycles. The summed E-state index contributed by atoms with van der Waals surface area (Å²) in [6.45, 7) is 8.91. The lowest BCUT2D eigenvalue weighted by Crippen LogP contribution is -2.51. The van der Waals surface area contributed by atoms with E-state index in [1.165, 1.54) is 44.5 Å². The van der Waals surface area contributed by atoms with Gasteiger partial charge in [0.2, 0.25) is 0 Å². The molecule has 1 aromatic rings. The predicted octanol–water partition coefficient (Wildman–Crippen LogP) is 3.91. The molecule has 0 amide bonds. The molecule has 2 nitrogen and oxygen atoms in total. The molecule has 0 aromatic heterocycles. The zero-order valence-electron chi connectivity index (χ0n) is 14.2. The lowest BCUT2D eigenvalue weighted by molar-refractivity contribution is -0.0533. The zero-order valence-corrected chi connectivity index (χ0v) is 14.2. The van der Waals surface area contributed by atoms with Gasteiger partial charge in [-0.1, -0.05) is 44.2 Å². The van der Waals surface area contributed by atoms with Crippen LogP contribution in [0.5, 0.6) is 0 Å². The number of nitrogens with zero attached hydrogens (tertiary/aromatic N) is 1. The smallest absolute Gasteiger partial charge is 0.0433 e. The molecule has 1 aliphatic heterocycles. The first kappa shape index (κ1) is 16.0. The molecule has 2 heteroatoms. The SMILES string of the molecule is CC1(C)C(CCO)CC1CN1CCC(c2ccccc2)CC1. The van der Waals surface area contributed by atoms with Crippen molar-refractivity contribution in [3.05, 3.63) is 35.9 Å². The lowest BCUT2D eigenvalue weighted by atomic mass is 9.53. The highest BCUT2D eigenvalue weighted by atomic mass is 16.3. The second-order valence-electron chi connectivity index (χ2n) is 7.95. The van der Waals surface area contributed by atoms with Gasteiger partial charge in [-0.15, -0.1) is 0 Å². The molecule has 2 fully saturated rings. The Labute approximate surface area is 135 Å². The van der Waals surface area contributed by atoms with Crippen molar-refractivity contribution in [3.63, 3.8) is 0 Å². The van der Waals surface area contributed by atoms with Gasteiger partial charge in [0, 0.05) is 13.2 Å². The molecule has 122 valence electrons. The second kappa shape index (κ2) is 6.72. The van der Waals surface area contributed by atoms with Crippen LogP contribution in [0.15, 0.2) is 30.3 Å². The van der Waals surface area contributed by atoms with Crippen LogP contribution < -0.4 is 0 Å². The Morgan fingerprint density at radius 3 is 2.36 bits per heavy atom. The van der Waals surface area contributed by atoms with Crippen LogP contribution in [0, 0.1) is 17.3 Å². The summed E-state index contributed by atoms with van der Waals surface area (Å²) < 4.78 is 0. The number of rotatable bonds is 5. The minimum absolute atomic E-state index is 0.350. The lowest BCUT2D eigenvalue weighted by Gasteiger charge is -2.54. The molecule has 2 aliphatic rings. The monoisotopic (exact) mass is 301 g/mol. The third-order valence-corrected chi connectivity index (χ3v) is 6.49. The number of likely N-dealkylation sites (tertiary alicyclic amines) is 1. The van der Waals surface area contributed by atoms with Crippen molar-refractivity contribution in [2.45, 2.75) is 45.4 Å². The highest BCUT2D eigenvalue weighted by molar-refractivity contribution is 5.20. The molecular weight excluding hydrogens is 270 g/mol. The van der Waals surface area contributed by atoms with Crippen LogP contribution in [0.4, 0.5) is 0 Å². The van der Waals surface area contributed by atoms with Crippen LogP contribution >= 0.6 is 0 Å². The van der Waals surface area contributed by atoms with Crippen LogP contribution in [0.2, 0.25) is 0 Å². The molecule has 2 unspecified atom stereocenters. The zero-order chi connectivity index (χ0) is 15.6. The van der Waals surface area contributed by atoms with E-state index in [-0.39, 0.29) is 0 Å². The first-order chi connectivity index (χ1) is 10.6. The summed E-state index contributed by atoms with van der Waals surface area (Å²) in [5.74, 6) is 2.30. The maximum Gasteiger partial charge on any atom is 0.0433 e. The Bertz CT molecular complexity index is 462. The summed E-state index contributed by atoms with van der Waals surface area (Å²) in [6, 6.07) is 11.0. The summed E-state index contributed by atoms with van der Waals surface area (Å²) in [4.78, 5) is 2.68. The number of aliphatic hydroxyl groups is 1. The molecule has 0 radical (unpaired) electrons. The summed E-state index contributed by atoms with van der Waals surface area (Å²) in [7, 11) is 0. The van der Waals surface area contributed by atoms with Crippen molar-refractivity contribution in [1.29, 1.82) is 0 Å². The molecule has 3 rings (SSSR count). The van der Waals surface area contributed by atoms with E-state index in [1.807, 2.05) is 0 Å². The van der Waals surface area contributed by atoms with E-state index in [9.17, 15) is 0 Å². The summed E-state index contributed by atoms with van der Waals surface area (Å²) in [6.07, 6.45) is 4.90. The third kappa shape index (κ3) is 3.23. The molecule has 1 N–H and O–H groups in total. The van der Waals surface area contributed by atoms with E-state index in [0.717, 1.165) is 24.2 Å². The molecule has 1 aromatic carbocycles. The predicted molar refractivity (Wildman–Crippen MR) is 91.9 cm³/mol. The van der Waals surface area contributed by atoms with Gasteiger partial charge in [0.25, 0.3) is 0 Å². The highest BCUT2D eigenvalue weighted by Gasteiger charge is 2.47. The Hall–Kier alpha value is -0.860. The minimum Gasteiger partial charge on any atom is -0.396 e. The summed E-state index contributed by atoms with van der Waals surface area (Å²) in [5, 5.41) is 9.17. The Morgan fingerprint density at radius 1 is 1.09 bits per heavy atom. The Morgan fingerprint density at radius 2 is 1.77 bits per heavy atom. The van der Waals surface area contributed by atoms with Crippen molar-refractivity contribution in [1.82, 2.24) is 4.90 Å². The fraction of sp³-hybridized carbons (Fsp3) is 0.700. The normalized spacial score (nSPS) is 29.2. The molecule has 2 atom stereocenters. The fourth-order valence-corrected chi connectivity index (χ4v) is 4.57. The summed E-state index contributed by atoms with van der Waals surface area (Å²) >= 11 is 0.